The molecule has 0 atom stereocenters. The monoisotopic (exact) mass is 258 g/mol. The summed E-state index contributed by atoms with van der Waals surface area (Å²) in [6, 6.07) is 5.42. The lowest BCUT2D eigenvalue weighted by Crippen LogP contribution is -2.48. The third kappa shape index (κ3) is 1.83. The van der Waals surface area contributed by atoms with Crippen molar-refractivity contribution >= 4 is 38.3 Å². The van der Waals surface area contributed by atoms with E-state index in [1.165, 1.54) is 11.3 Å². The lowest BCUT2D eigenvalue weighted by Gasteiger charge is -2.24. The Balaban J connectivity index is 2.02. The fraction of sp³-hybridized carbons (Fsp3) is 0.250. The van der Waals surface area contributed by atoms with Crippen LogP contribution in [0.15, 0.2) is 18.2 Å². The summed E-state index contributed by atoms with van der Waals surface area (Å²) in [6.07, 6.45) is 0. The fourth-order valence-electron chi connectivity index (χ4n) is 1.90. The highest BCUT2D eigenvalue weighted by atomic mass is 32.1. The molecular formula is C12H10N4OS. The van der Waals surface area contributed by atoms with E-state index >= 15 is 0 Å². The van der Waals surface area contributed by atoms with Gasteiger partial charge in [-0.1, -0.05) is 23.5 Å². The molecule has 5 nitrogen and oxygen atoms in total. The second-order valence-electron chi connectivity index (χ2n) is 3.98. The molecule has 18 heavy (non-hydrogen) atoms. The molecule has 1 aliphatic heterocycles. The Labute approximate surface area is 108 Å². The van der Waals surface area contributed by atoms with Crippen molar-refractivity contribution in [2.24, 2.45) is 0 Å². The van der Waals surface area contributed by atoms with E-state index in [0.717, 1.165) is 21.9 Å². The first-order valence-electron chi connectivity index (χ1n) is 5.57. The summed E-state index contributed by atoms with van der Waals surface area (Å²) >= 11 is 1.49. The van der Waals surface area contributed by atoms with Crippen LogP contribution in [0.5, 0.6) is 0 Å². The average Bonchev–Trinajstić information content (AvgIpc) is 2.81. The van der Waals surface area contributed by atoms with Crippen molar-refractivity contribution in [2.75, 3.05) is 24.5 Å². The molecule has 0 spiro atoms. The third-order valence-electron chi connectivity index (χ3n) is 2.81. The van der Waals surface area contributed by atoms with Crippen molar-refractivity contribution < 1.29 is 4.79 Å². The average molecular weight is 258 g/mol. The van der Waals surface area contributed by atoms with Crippen LogP contribution in [-0.4, -0.2) is 30.5 Å². The summed E-state index contributed by atoms with van der Waals surface area (Å²) in [7, 11) is 0. The van der Waals surface area contributed by atoms with Gasteiger partial charge in [-0.05, 0) is 6.07 Å². The Morgan fingerprint density at radius 2 is 2.39 bits per heavy atom. The topological polar surface area (TPSA) is 49.6 Å². The van der Waals surface area contributed by atoms with Gasteiger partial charge < -0.3 is 5.32 Å². The summed E-state index contributed by atoms with van der Waals surface area (Å²) in [5.74, 6) is 0.0470. The number of hydrogen-bond acceptors (Lipinski definition) is 4. The molecule has 1 aromatic heterocycles. The molecule has 0 unspecified atom stereocenters. The number of benzene rings is 1. The molecule has 1 fully saturated rings. The number of fused-ring (bicyclic) bond motifs is 1. The first-order valence-corrected chi connectivity index (χ1v) is 6.39. The van der Waals surface area contributed by atoms with E-state index < -0.39 is 0 Å². The van der Waals surface area contributed by atoms with Gasteiger partial charge in [0, 0.05) is 13.1 Å². The number of carbonyl (C=O) groups is 1. The smallest absolute Gasteiger partial charge is 0.242 e. The molecule has 3 rings (SSSR count). The van der Waals surface area contributed by atoms with Crippen LogP contribution < -0.4 is 10.2 Å². The number of carbonyl (C=O) groups excluding carboxylic acids is 1. The maximum absolute atomic E-state index is 11.8. The van der Waals surface area contributed by atoms with Crippen LogP contribution in [0.3, 0.4) is 0 Å². The highest BCUT2D eigenvalue weighted by Crippen LogP contribution is 2.31. The molecule has 6 heteroatoms. The van der Waals surface area contributed by atoms with E-state index in [-0.39, 0.29) is 5.91 Å². The molecular weight excluding hydrogens is 248 g/mol. The number of nitrogens with zero attached hydrogens (tertiary/aromatic N) is 3. The van der Waals surface area contributed by atoms with Gasteiger partial charge in [0.15, 0.2) is 10.8 Å². The quantitative estimate of drug-likeness (QED) is 0.793. The highest BCUT2D eigenvalue weighted by molar-refractivity contribution is 7.22. The number of aromatic nitrogens is 1. The van der Waals surface area contributed by atoms with Crippen molar-refractivity contribution in [1.82, 2.24) is 10.3 Å². The van der Waals surface area contributed by atoms with Crippen molar-refractivity contribution in [3.63, 3.8) is 0 Å². The van der Waals surface area contributed by atoms with Gasteiger partial charge in [0.25, 0.3) is 0 Å². The van der Waals surface area contributed by atoms with Gasteiger partial charge in [0.2, 0.25) is 5.91 Å². The summed E-state index contributed by atoms with van der Waals surface area (Å²) in [5.41, 5.74) is 1.36. The Kier molecular flexibility index (Phi) is 2.70. The zero-order valence-electron chi connectivity index (χ0n) is 9.51. The van der Waals surface area contributed by atoms with Crippen LogP contribution in [-0.2, 0) is 4.79 Å². The molecule has 1 amide bonds. The Bertz CT molecular complexity index is 658. The molecule has 1 aliphatic rings. The predicted octanol–water partition coefficient (Wildman–Crippen LogP) is 1.78. The first-order chi connectivity index (χ1) is 8.78. The van der Waals surface area contributed by atoms with Crippen LogP contribution in [0.1, 0.15) is 0 Å². The molecule has 0 radical (unpaired) electrons. The minimum atomic E-state index is 0.0470. The lowest BCUT2D eigenvalue weighted by molar-refractivity contribution is -0.118. The van der Waals surface area contributed by atoms with Gasteiger partial charge in [-0.3, -0.25) is 9.69 Å². The van der Waals surface area contributed by atoms with E-state index in [2.05, 4.69) is 15.1 Å². The van der Waals surface area contributed by atoms with Gasteiger partial charge in [0.1, 0.15) is 0 Å². The molecule has 0 bridgehead atoms. The third-order valence-corrected chi connectivity index (χ3v) is 3.87. The predicted molar refractivity (Wildman–Crippen MR) is 71.1 cm³/mol. The SMILES string of the molecule is [C-]#[N+]c1ccc2sc(N3CCNCC3=O)nc2c1. The second-order valence-corrected chi connectivity index (χ2v) is 4.99. The van der Waals surface area contributed by atoms with Crippen molar-refractivity contribution in [2.45, 2.75) is 0 Å². The van der Waals surface area contributed by atoms with Gasteiger partial charge in [-0.15, -0.1) is 0 Å². The second kappa shape index (κ2) is 4.37. The van der Waals surface area contributed by atoms with Crippen LogP contribution in [0, 0.1) is 6.57 Å². The normalized spacial score (nSPS) is 15.9. The molecule has 1 N–H and O–H groups in total. The molecule has 1 aromatic carbocycles. The molecule has 0 saturated carbocycles. The van der Waals surface area contributed by atoms with Gasteiger partial charge in [-0.2, -0.15) is 0 Å². The molecule has 90 valence electrons. The van der Waals surface area contributed by atoms with E-state index in [4.69, 9.17) is 6.57 Å². The number of thiazole rings is 1. The van der Waals surface area contributed by atoms with Gasteiger partial charge in [-0.25, -0.2) is 9.83 Å². The van der Waals surface area contributed by atoms with E-state index in [9.17, 15) is 4.79 Å². The molecule has 1 saturated heterocycles. The van der Waals surface area contributed by atoms with Gasteiger partial charge in [0.05, 0.1) is 23.3 Å². The van der Waals surface area contributed by atoms with Gasteiger partial charge >= 0.3 is 0 Å². The Hall–Kier alpha value is -1.97. The fourth-order valence-corrected chi connectivity index (χ4v) is 2.89. The van der Waals surface area contributed by atoms with E-state index in [1.807, 2.05) is 6.07 Å². The number of amides is 1. The largest absolute Gasteiger partial charge is 0.307 e. The molecule has 0 aliphatic carbocycles. The number of hydrogen-bond donors (Lipinski definition) is 1. The minimum absolute atomic E-state index is 0.0470. The van der Waals surface area contributed by atoms with Crippen LogP contribution in [0.2, 0.25) is 0 Å². The maximum atomic E-state index is 11.8. The zero-order chi connectivity index (χ0) is 12.5. The maximum Gasteiger partial charge on any atom is 0.242 e. The number of nitrogens with one attached hydrogen (secondary N) is 1. The van der Waals surface area contributed by atoms with E-state index in [0.29, 0.717) is 18.8 Å². The van der Waals surface area contributed by atoms with Crippen LogP contribution >= 0.6 is 11.3 Å². The number of anilines is 1. The Morgan fingerprint density at radius 3 is 3.17 bits per heavy atom. The molecule has 2 aromatic rings. The van der Waals surface area contributed by atoms with Crippen LogP contribution in [0.4, 0.5) is 10.8 Å². The lowest BCUT2D eigenvalue weighted by atomic mass is 10.3. The summed E-state index contributed by atoms with van der Waals surface area (Å²) < 4.78 is 1.00. The summed E-state index contributed by atoms with van der Waals surface area (Å²) in [5, 5.41) is 3.75. The Morgan fingerprint density at radius 1 is 1.50 bits per heavy atom. The summed E-state index contributed by atoms with van der Waals surface area (Å²) in [6.45, 7) is 8.78. The van der Waals surface area contributed by atoms with Crippen molar-refractivity contribution in [1.29, 1.82) is 0 Å². The van der Waals surface area contributed by atoms with Crippen LogP contribution in [0.25, 0.3) is 15.1 Å². The van der Waals surface area contributed by atoms with Crippen molar-refractivity contribution in [3.8, 4) is 0 Å². The standard InChI is InChI=1S/C12H10N4OS/c1-13-8-2-3-10-9(6-8)15-12(18-10)16-5-4-14-7-11(16)17/h2-3,6,14H,4-5,7H2. The molecule has 2 heterocycles. The van der Waals surface area contributed by atoms with Crippen molar-refractivity contribution in [3.05, 3.63) is 29.6 Å². The summed E-state index contributed by atoms with van der Waals surface area (Å²) in [4.78, 5) is 21.3. The first kappa shape index (κ1) is 11.1. The number of piperazine rings is 1. The number of rotatable bonds is 1. The minimum Gasteiger partial charge on any atom is -0.307 e. The zero-order valence-corrected chi connectivity index (χ0v) is 10.3. The van der Waals surface area contributed by atoms with E-state index in [1.54, 1.807) is 17.0 Å². The highest BCUT2D eigenvalue weighted by Gasteiger charge is 2.22.